The maximum Gasteiger partial charge on any atom is 0.339 e. The second-order valence-corrected chi connectivity index (χ2v) is 7.04. The van der Waals surface area contributed by atoms with Gasteiger partial charge in [-0.15, -0.1) is 0 Å². The third-order valence-electron chi connectivity index (χ3n) is 3.60. The summed E-state index contributed by atoms with van der Waals surface area (Å²) in [6, 6.07) is 13.8. The molecule has 0 aliphatic rings. The van der Waals surface area contributed by atoms with Crippen LogP contribution >= 0.6 is 0 Å². The van der Waals surface area contributed by atoms with Gasteiger partial charge in [-0.25, -0.2) is 4.79 Å². The SMILES string of the molecule is CC[S@](=O)c1ccccc1C(=O)OCC(=O)NCc1ccc(OC)cc1. The zero-order valence-corrected chi connectivity index (χ0v) is 15.5. The largest absolute Gasteiger partial charge is 0.497 e. The van der Waals surface area contributed by atoms with Crippen molar-refractivity contribution >= 4 is 22.7 Å². The predicted molar refractivity (Wildman–Crippen MR) is 98.5 cm³/mol. The van der Waals surface area contributed by atoms with Gasteiger partial charge in [0.2, 0.25) is 0 Å². The number of ether oxygens (including phenoxy) is 2. The van der Waals surface area contributed by atoms with Crippen LogP contribution in [0.1, 0.15) is 22.8 Å². The fourth-order valence-corrected chi connectivity index (χ4v) is 3.13. The molecule has 0 heterocycles. The number of hydrogen-bond donors (Lipinski definition) is 1. The summed E-state index contributed by atoms with van der Waals surface area (Å²) in [5, 5.41) is 2.67. The summed E-state index contributed by atoms with van der Waals surface area (Å²) in [6.45, 7) is 1.68. The van der Waals surface area contributed by atoms with E-state index in [1.165, 1.54) is 0 Å². The third kappa shape index (κ3) is 5.42. The van der Waals surface area contributed by atoms with E-state index in [0.717, 1.165) is 11.3 Å². The molecule has 0 aliphatic carbocycles. The summed E-state index contributed by atoms with van der Waals surface area (Å²) in [4.78, 5) is 24.5. The van der Waals surface area contributed by atoms with E-state index in [1.807, 2.05) is 12.1 Å². The maximum atomic E-state index is 12.2. The molecule has 2 aromatic rings. The predicted octanol–water partition coefficient (Wildman–Crippen LogP) is 2.30. The van der Waals surface area contributed by atoms with E-state index in [2.05, 4.69) is 5.32 Å². The molecule has 0 bridgehead atoms. The molecule has 0 saturated heterocycles. The van der Waals surface area contributed by atoms with Crippen LogP contribution in [0.5, 0.6) is 5.75 Å². The highest BCUT2D eigenvalue weighted by atomic mass is 32.2. The minimum absolute atomic E-state index is 0.218. The normalized spacial score (nSPS) is 11.5. The number of methoxy groups -OCH3 is 1. The van der Waals surface area contributed by atoms with E-state index in [0.29, 0.717) is 17.2 Å². The Hall–Kier alpha value is -2.67. The van der Waals surface area contributed by atoms with Gasteiger partial charge in [0.05, 0.1) is 28.4 Å². The first-order valence-electron chi connectivity index (χ1n) is 8.09. The van der Waals surface area contributed by atoms with E-state index in [-0.39, 0.29) is 5.56 Å². The molecule has 2 rings (SSSR count). The molecule has 0 spiro atoms. The summed E-state index contributed by atoms with van der Waals surface area (Å²) in [5.41, 5.74) is 1.12. The molecule has 0 fully saturated rings. The van der Waals surface area contributed by atoms with Crippen molar-refractivity contribution in [3.05, 3.63) is 59.7 Å². The molecule has 0 aliphatic heterocycles. The number of carbonyl (C=O) groups is 2. The molecule has 0 saturated carbocycles. The number of rotatable bonds is 8. The first kappa shape index (κ1) is 19.7. The number of nitrogens with one attached hydrogen (secondary N) is 1. The van der Waals surface area contributed by atoms with Crippen LogP contribution in [0.25, 0.3) is 0 Å². The molecule has 26 heavy (non-hydrogen) atoms. The highest BCUT2D eigenvalue weighted by molar-refractivity contribution is 7.85. The topological polar surface area (TPSA) is 81.7 Å². The molecule has 1 amide bonds. The molecular formula is C19H21NO5S. The van der Waals surface area contributed by atoms with Crippen LogP contribution < -0.4 is 10.1 Å². The quantitative estimate of drug-likeness (QED) is 0.716. The van der Waals surface area contributed by atoms with Crippen molar-refractivity contribution < 1.29 is 23.3 Å². The van der Waals surface area contributed by atoms with Crippen molar-refractivity contribution in [3.8, 4) is 5.75 Å². The second kappa shape index (κ2) is 9.72. The highest BCUT2D eigenvalue weighted by Gasteiger charge is 2.17. The summed E-state index contributed by atoms with van der Waals surface area (Å²) in [5.74, 6) is 0.0505. The Labute approximate surface area is 155 Å². The number of amides is 1. The lowest BCUT2D eigenvalue weighted by molar-refractivity contribution is -0.124. The monoisotopic (exact) mass is 375 g/mol. The number of esters is 1. The Morgan fingerprint density at radius 1 is 1.08 bits per heavy atom. The van der Waals surface area contributed by atoms with Gasteiger partial charge in [-0.2, -0.15) is 0 Å². The Morgan fingerprint density at radius 2 is 1.77 bits per heavy atom. The Morgan fingerprint density at radius 3 is 2.42 bits per heavy atom. The number of hydrogen-bond acceptors (Lipinski definition) is 5. The van der Waals surface area contributed by atoms with Crippen LogP contribution in [-0.4, -0.2) is 35.6 Å². The summed E-state index contributed by atoms with van der Waals surface area (Å²) >= 11 is 0. The van der Waals surface area contributed by atoms with Gasteiger partial charge >= 0.3 is 5.97 Å². The second-order valence-electron chi connectivity index (χ2n) is 5.33. The van der Waals surface area contributed by atoms with E-state index >= 15 is 0 Å². The lowest BCUT2D eigenvalue weighted by Crippen LogP contribution is -2.28. The van der Waals surface area contributed by atoms with Crippen molar-refractivity contribution in [2.75, 3.05) is 19.5 Å². The summed E-state index contributed by atoms with van der Waals surface area (Å²) in [6.07, 6.45) is 0. The van der Waals surface area contributed by atoms with Crippen molar-refractivity contribution in [2.24, 2.45) is 0 Å². The van der Waals surface area contributed by atoms with Crippen LogP contribution in [0.3, 0.4) is 0 Å². The molecule has 7 heteroatoms. The van der Waals surface area contributed by atoms with E-state index < -0.39 is 29.3 Å². The molecule has 0 unspecified atom stereocenters. The maximum absolute atomic E-state index is 12.2. The minimum atomic E-state index is -1.28. The number of carbonyl (C=O) groups excluding carboxylic acids is 2. The molecule has 2 aromatic carbocycles. The van der Waals surface area contributed by atoms with E-state index in [9.17, 15) is 13.8 Å². The molecule has 0 radical (unpaired) electrons. The van der Waals surface area contributed by atoms with Crippen LogP contribution in [-0.2, 0) is 26.9 Å². The van der Waals surface area contributed by atoms with Crippen molar-refractivity contribution in [1.29, 1.82) is 0 Å². The Bertz CT molecular complexity index is 789. The minimum Gasteiger partial charge on any atom is -0.497 e. The number of benzene rings is 2. The van der Waals surface area contributed by atoms with Crippen LogP contribution in [0, 0.1) is 0 Å². The van der Waals surface area contributed by atoms with Gasteiger partial charge in [-0.3, -0.25) is 9.00 Å². The molecule has 6 nitrogen and oxygen atoms in total. The fraction of sp³-hybridized carbons (Fsp3) is 0.263. The molecule has 1 N–H and O–H groups in total. The standard InChI is InChI=1S/C19H21NO5S/c1-3-26(23)17-7-5-4-6-16(17)19(22)25-13-18(21)20-12-14-8-10-15(24-2)11-9-14/h4-11H,3,12-13H2,1-2H3,(H,20,21)/t26-/m0/s1. The first-order valence-corrected chi connectivity index (χ1v) is 9.41. The van der Waals surface area contributed by atoms with Crippen LogP contribution in [0.4, 0.5) is 0 Å². The van der Waals surface area contributed by atoms with Crippen molar-refractivity contribution in [2.45, 2.75) is 18.4 Å². The molecule has 1 atom stereocenters. The first-order chi connectivity index (χ1) is 12.5. The Kier molecular flexibility index (Phi) is 7.35. The van der Waals surface area contributed by atoms with Gasteiger partial charge in [-0.05, 0) is 29.8 Å². The zero-order chi connectivity index (χ0) is 18.9. The average Bonchev–Trinajstić information content (AvgIpc) is 2.70. The van der Waals surface area contributed by atoms with Gasteiger partial charge in [0.25, 0.3) is 5.91 Å². The summed E-state index contributed by atoms with van der Waals surface area (Å²) in [7, 11) is 0.303. The van der Waals surface area contributed by atoms with Crippen molar-refractivity contribution in [3.63, 3.8) is 0 Å². The van der Waals surface area contributed by atoms with E-state index in [4.69, 9.17) is 9.47 Å². The van der Waals surface area contributed by atoms with Crippen LogP contribution in [0.15, 0.2) is 53.4 Å². The van der Waals surface area contributed by atoms with Gasteiger partial charge in [0.15, 0.2) is 6.61 Å². The van der Waals surface area contributed by atoms with Crippen LogP contribution in [0.2, 0.25) is 0 Å². The highest BCUT2D eigenvalue weighted by Crippen LogP contribution is 2.15. The van der Waals surface area contributed by atoms with Crippen molar-refractivity contribution in [1.82, 2.24) is 5.32 Å². The molecule has 0 aromatic heterocycles. The van der Waals surface area contributed by atoms with Gasteiger partial charge in [-0.1, -0.05) is 31.2 Å². The van der Waals surface area contributed by atoms with Gasteiger partial charge < -0.3 is 14.8 Å². The van der Waals surface area contributed by atoms with Gasteiger partial charge in [0, 0.05) is 12.3 Å². The lowest BCUT2D eigenvalue weighted by Gasteiger charge is -2.09. The lowest BCUT2D eigenvalue weighted by atomic mass is 10.2. The van der Waals surface area contributed by atoms with Gasteiger partial charge in [0.1, 0.15) is 5.75 Å². The smallest absolute Gasteiger partial charge is 0.339 e. The zero-order valence-electron chi connectivity index (χ0n) is 14.7. The Balaban J connectivity index is 1.87. The summed E-state index contributed by atoms with van der Waals surface area (Å²) < 4.78 is 22.1. The molecular weight excluding hydrogens is 354 g/mol. The fourth-order valence-electron chi connectivity index (χ4n) is 2.19. The van der Waals surface area contributed by atoms with E-state index in [1.54, 1.807) is 50.4 Å². The molecule has 138 valence electrons. The average molecular weight is 375 g/mol. The third-order valence-corrected chi connectivity index (χ3v) is 4.97.